The van der Waals surface area contributed by atoms with Crippen LogP contribution in [0.15, 0.2) is 48.5 Å². The highest BCUT2D eigenvalue weighted by atomic mass is 19.1. The second-order valence-corrected chi connectivity index (χ2v) is 7.42. The van der Waals surface area contributed by atoms with Gasteiger partial charge in [-0.15, -0.1) is 0 Å². The molecule has 0 aliphatic carbocycles. The van der Waals surface area contributed by atoms with Crippen molar-refractivity contribution in [2.45, 2.75) is 19.8 Å². The summed E-state index contributed by atoms with van der Waals surface area (Å²) in [6.07, 6.45) is 1.40. The van der Waals surface area contributed by atoms with Crippen molar-refractivity contribution in [3.05, 3.63) is 65.5 Å². The fourth-order valence-electron chi connectivity index (χ4n) is 3.65. The number of anilines is 1. The van der Waals surface area contributed by atoms with Crippen LogP contribution in [0.25, 0.3) is 0 Å². The molecule has 1 aliphatic heterocycles. The largest absolute Gasteiger partial charge is 0.462 e. The molecule has 158 valence electrons. The van der Waals surface area contributed by atoms with E-state index < -0.39 is 5.97 Å². The Hall–Kier alpha value is -3.06. The Labute approximate surface area is 175 Å². The van der Waals surface area contributed by atoms with Crippen molar-refractivity contribution in [2.75, 3.05) is 31.6 Å². The molecule has 1 aliphatic rings. The number of carbonyl (C=O) groups excluding carboxylic acids is 3. The van der Waals surface area contributed by atoms with Crippen molar-refractivity contribution < 1.29 is 28.4 Å². The van der Waals surface area contributed by atoms with Crippen molar-refractivity contribution >= 4 is 23.3 Å². The van der Waals surface area contributed by atoms with Crippen LogP contribution in [0.4, 0.5) is 10.1 Å². The van der Waals surface area contributed by atoms with Gasteiger partial charge in [-0.05, 0) is 55.5 Å². The topological polar surface area (TPSA) is 76.9 Å². The molecule has 1 amide bonds. The first kappa shape index (κ1) is 21.6. The molecular formula is C23H26FN2O4+. The van der Waals surface area contributed by atoms with Gasteiger partial charge in [-0.3, -0.25) is 9.59 Å². The number of quaternary nitrogens is 1. The zero-order chi connectivity index (χ0) is 21.5. The minimum absolute atomic E-state index is 0.0418. The van der Waals surface area contributed by atoms with E-state index in [0.29, 0.717) is 42.8 Å². The van der Waals surface area contributed by atoms with Gasteiger partial charge in [0, 0.05) is 30.0 Å². The van der Waals surface area contributed by atoms with Gasteiger partial charge in [0.15, 0.2) is 12.3 Å². The van der Waals surface area contributed by atoms with Gasteiger partial charge in [0.25, 0.3) is 5.91 Å². The third kappa shape index (κ3) is 5.73. The van der Waals surface area contributed by atoms with Crippen molar-refractivity contribution in [1.29, 1.82) is 0 Å². The zero-order valence-electron chi connectivity index (χ0n) is 16.9. The van der Waals surface area contributed by atoms with Gasteiger partial charge < -0.3 is 15.0 Å². The minimum Gasteiger partial charge on any atom is -0.462 e. The van der Waals surface area contributed by atoms with Crippen LogP contribution in [0.2, 0.25) is 0 Å². The summed E-state index contributed by atoms with van der Waals surface area (Å²) >= 11 is 0. The molecule has 7 heteroatoms. The van der Waals surface area contributed by atoms with Gasteiger partial charge in [-0.25, -0.2) is 9.18 Å². The van der Waals surface area contributed by atoms with Gasteiger partial charge in [0.1, 0.15) is 5.82 Å². The van der Waals surface area contributed by atoms with Crippen LogP contribution < -0.4 is 10.2 Å². The normalized spacial score (nSPS) is 18.5. The number of hydrogen-bond donors (Lipinski definition) is 2. The van der Waals surface area contributed by atoms with Crippen LogP contribution in [0.1, 0.15) is 40.5 Å². The van der Waals surface area contributed by atoms with Crippen LogP contribution >= 0.6 is 0 Å². The number of piperidine rings is 1. The maximum absolute atomic E-state index is 13.0. The number of amides is 1. The summed E-state index contributed by atoms with van der Waals surface area (Å²) in [4.78, 5) is 37.7. The van der Waals surface area contributed by atoms with E-state index in [2.05, 4.69) is 5.32 Å². The fourth-order valence-corrected chi connectivity index (χ4v) is 3.65. The second-order valence-electron chi connectivity index (χ2n) is 7.42. The van der Waals surface area contributed by atoms with Crippen molar-refractivity contribution in [3.63, 3.8) is 0 Å². The monoisotopic (exact) mass is 413 g/mol. The van der Waals surface area contributed by atoms with Crippen molar-refractivity contribution in [1.82, 2.24) is 0 Å². The number of ether oxygens (including phenoxy) is 1. The number of esters is 1. The standard InChI is InChI=1S/C23H25FN2O4/c1-2-30-23(29)18-5-9-20(10-6-18)25-21(27)15-26-13-11-17(12-14-26)22(28)16-3-7-19(24)8-4-16/h3-10,17H,2,11-15H2,1H3,(H,25,27)/p+1. The second kappa shape index (κ2) is 10.1. The molecule has 0 spiro atoms. The lowest BCUT2D eigenvalue weighted by Gasteiger charge is -2.28. The lowest BCUT2D eigenvalue weighted by atomic mass is 9.89. The molecule has 1 fully saturated rings. The summed E-state index contributed by atoms with van der Waals surface area (Å²) in [6.45, 7) is 3.83. The molecule has 6 nitrogen and oxygen atoms in total. The highest BCUT2D eigenvalue weighted by Gasteiger charge is 2.29. The van der Waals surface area contributed by atoms with E-state index in [0.717, 1.165) is 18.0 Å². The average Bonchev–Trinajstić information content (AvgIpc) is 2.75. The van der Waals surface area contributed by atoms with Crippen molar-refractivity contribution in [2.24, 2.45) is 5.92 Å². The van der Waals surface area contributed by atoms with Crippen LogP contribution in [0.5, 0.6) is 0 Å². The maximum atomic E-state index is 13.0. The summed E-state index contributed by atoms with van der Waals surface area (Å²) in [5.74, 6) is -0.902. The van der Waals surface area contributed by atoms with Gasteiger partial charge in [0.2, 0.25) is 0 Å². The molecule has 0 aromatic heterocycles. The molecule has 0 unspecified atom stereocenters. The fraction of sp³-hybridized carbons (Fsp3) is 0.348. The predicted octanol–water partition coefficient (Wildman–Crippen LogP) is 2.12. The summed E-state index contributed by atoms with van der Waals surface area (Å²) in [5, 5.41) is 2.84. The third-order valence-electron chi connectivity index (χ3n) is 5.28. The minimum atomic E-state index is -0.391. The number of Topliss-reactive ketones (excluding diaryl/α,β-unsaturated/α-hetero) is 1. The number of hydrogen-bond acceptors (Lipinski definition) is 4. The van der Waals surface area contributed by atoms with E-state index in [9.17, 15) is 18.8 Å². The summed E-state index contributed by atoms with van der Waals surface area (Å²) < 4.78 is 18.0. The lowest BCUT2D eigenvalue weighted by molar-refractivity contribution is -0.897. The first-order valence-electron chi connectivity index (χ1n) is 10.2. The third-order valence-corrected chi connectivity index (χ3v) is 5.28. The number of likely N-dealkylation sites (tertiary alicyclic amines) is 1. The molecule has 0 atom stereocenters. The number of benzene rings is 2. The number of ketones is 1. The average molecular weight is 413 g/mol. The highest BCUT2D eigenvalue weighted by Crippen LogP contribution is 2.17. The first-order chi connectivity index (χ1) is 14.5. The predicted molar refractivity (Wildman–Crippen MR) is 110 cm³/mol. The molecule has 0 radical (unpaired) electrons. The molecule has 0 bridgehead atoms. The Bertz CT molecular complexity index is 888. The first-order valence-corrected chi connectivity index (χ1v) is 10.2. The molecule has 3 rings (SSSR count). The Morgan fingerprint density at radius 2 is 1.60 bits per heavy atom. The van der Waals surface area contributed by atoms with Crippen LogP contribution in [0, 0.1) is 11.7 Å². The molecule has 2 aromatic carbocycles. The summed E-state index contributed by atoms with van der Waals surface area (Å²) in [6, 6.07) is 12.2. The molecular weight excluding hydrogens is 387 g/mol. The Balaban J connectivity index is 1.45. The Morgan fingerprint density at radius 1 is 1.00 bits per heavy atom. The van der Waals surface area contributed by atoms with Gasteiger partial charge in [-0.2, -0.15) is 0 Å². The van der Waals surface area contributed by atoms with E-state index in [1.54, 1.807) is 31.2 Å². The van der Waals surface area contributed by atoms with E-state index in [1.165, 1.54) is 24.3 Å². The van der Waals surface area contributed by atoms with Crippen LogP contribution in [0.3, 0.4) is 0 Å². The van der Waals surface area contributed by atoms with Gasteiger partial charge >= 0.3 is 5.97 Å². The zero-order valence-corrected chi connectivity index (χ0v) is 16.9. The summed E-state index contributed by atoms with van der Waals surface area (Å²) in [5.41, 5.74) is 1.59. The number of halogens is 1. The molecule has 2 N–H and O–H groups in total. The van der Waals surface area contributed by atoms with E-state index in [4.69, 9.17) is 4.74 Å². The molecule has 1 heterocycles. The Kier molecular flexibility index (Phi) is 7.30. The molecule has 30 heavy (non-hydrogen) atoms. The molecule has 2 aromatic rings. The van der Waals surface area contributed by atoms with Gasteiger partial charge in [-0.1, -0.05) is 0 Å². The summed E-state index contributed by atoms with van der Waals surface area (Å²) in [7, 11) is 0. The number of carbonyl (C=O) groups is 3. The van der Waals surface area contributed by atoms with Crippen molar-refractivity contribution in [3.8, 4) is 0 Å². The smallest absolute Gasteiger partial charge is 0.338 e. The maximum Gasteiger partial charge on any atom is 0.338 e. The lowest BCUT2D eigenvalue weighted by Crippen LogP contribution is -3.14. The molecule has 1 saturated heterocycles. The number of rotatable bonds is 7. The van der Waals surface area contributed by atoms with E-state index in [1.807, 2.05) is 0 Å². The quantitative estimate of drug-likeness (QED) is 0.539. The van der Waals surface area contributed by atoms with E-state index >= 15 is 0 Å². The highest BCUT2D eigenvalue weighted by molar-refractivity contribution is 5.98. The number of nitrogens with one attached hydrogen (secondary N) is 2. The van der Waals surface area contributed by atoms with E-state index in [-0.39, 0.29) is 23.4 Å². The SMILES string of the molecule is CCOC(=O)c1ccc(NC(=O)C[NH+]2CCC(C(=O)c3ccc(F)cc3)CC2)cc1. The van der Waals surface area contributed by atoms with Gasteiger partial charge in [0.05, 0.1) is 25.3 Å². The van der Waals surface area contributed by atoms with Crippen LogP contribution in [-0.2, 0) is 9.53 Å². The van der Waals surface area contributed by atoms with Crippen LogP contribution in [-0.4, -0.2) is 43.9 Å². The Morgan fingerprint density at radius 3 is 2.20 bits per heavy atom. The molecule has 0 saturated carbocycles.